The van der Waals surface area contributed by atoms with Crippen LogP contribution in [0, 0.1) is 0 Å². The van der Waals surface area contributed by atoms with Gasteiger partial charge in [0.05, 0.1) is 13.0 Å². The molecule has 4 rings (SSSR count). The highest BCUT2D eigenvalue weighted by Gasteiger charge is 2.24. The molecule has 178 valence electrons. The van der Waals surface area contributed by atoms with Crippen LogP contribution in [0.2, 0.25) is 5.28 Å². The maximum absolute atomic E-state index is 11.1. The van der Waals surface area contributed by atoms with E-state index >= 15 is 0 Å². The summed E-state index contributed by atoms with van der Waals surface area (Å²) in [6.07, 6.45) is 5.57. The maximum Gasteiger partial charge on any atom is 0.303 e. The summed E-state index contributed by atoms with van der Waals surface area (Å²) in [4.78, 5) is 21.8. The van der Waals surface area contributed by atoms with Gasteiger partial charge in [-0.15, -0.1) is 0 Å². The number of hydrogen-bond acceptors (Lipinski definition) is 5. The van der Waals surface area contributed by atoms with Crippen molar-refractivity contribution in [3.05, 3.63) is 70.6 Å². The molecule has 2 aromatic carbocycles. The molecule has 7 heteroatoms. The first-order valence-electron chi connectivity index (χ1n) is 11.7. The quantitative estimate of drug-likeness (QED) is 0.294. The van der Waals surface area contributed by atoms with Crippen LogP contribution in [0.1, 0.15) is 48.8 Å². The highest BCUT2D eigenvalue weighted by Crippen LogP contribution is 2.37. The van der Waals surface area contributed by atoms with Gasteiger partial charge >= 0.3 is 5.97 Å². The van der Waals surface area contributed by atoms with Gasteiger partial charge in [0.25, 0.3) is 0 Å². The van der Waals surface area contributed by atoms with E-state index in [0.717, 1.165) is 60.5 Å². The van der Waals surface area contributed by atoms with Crippen LogP contribution in [0.15, 0.2) is 48.7 Å². The van der Waals surface area contributed by atoms with Crippen molar-refractivity contribution in [2.75, 3.05) is 25.1 Å². The third-order valence-electron chi connectivity index (χ3n) is 6.42. The van der Waals surface area contributed by atoms with Gasteiger partial charge in [0.15, 0.2) is 0 Å². The summed E-state index contributed by atoms with van der Waals surface area (Å²) in [6.45, 7) is 3.46. The largest absolute Gasteiger partial charge is 0.494 e. The van der Waals surface area contributed by atoms with E-state index in [-0.39, 0.29) is 17.6 Å². The molecule has 0 aliphatic heterocycles. The number of aliphatic carboxylic acids is 1. The van der Waals surface area contributed by atoms with Crippen molar-refractivity contribution in [3.63, 3.8) is 0 Å². The lowest BCUT2D eigenvalue weighted by molar-refractivity contribution is -0.137. The molecule has 0 radical (unpaired) electrons. The number of fused-ring (bicyclic) bond motifs is 1. The smallest absolute Gasteiger partial charge is 0.303 e. The van der Waals surface area contributed by atoms with E-state index in [1.54, 1.807) is 6.20 Å². The average Bonchev–Trinajstić information content (AvgIpc) is 3.23. The molecule has 1 aromatic heterocycles. The molecule has 1 aliphatic carbocycles. The van der Waals surface area contributed by atoms with E-state index in [1.807, 2.05) is 19.2 Å². The summed E-state index contributed by atoms with van der Waals surface area (Å²) in [5, 5.41) is 9.33. The number of carboxylic acid groups (broad SMARTS) is 1. The van der Waals surface area contributed by atoms with Crippen LogP contribution in [0.5, 0.6) is 5.75 Å². The van der Waals surface area contributed by atoms with Gasteiger partial charge in [-0.05, 0) is 77.6 Å². The fourth-order valence-corrected chi connectivity index (χ4v) is 4.69. The standard InChI is InChI=1S/C27H30ClN3O3/c1-3-18-5-7-19(8-6-18)24-17-29-27(28)30-26(24)31(2)13-4-14-34-22-11-12-23-20(15-22)9-10-21(23)16-25(32)33/h5-8,11-12,15,17,21H,3-4,9-10,13-14,16H2,1-2H3,(H,32,33)/t21-/m0/s1. The molecule has 1 heterocycles. The minimum Gasteiger partial charge on any atom is -0.494 e. The first-order chi connectivity index (χ1) is 16.4. The Morgan fingerprint density at radius 3 is 2.76 bits per heavy atom. The number of aryl methyl sites for hydroxylation is 2. The van der Waals surface area contributed by atoms with Gasteiger partial charge < -0.3 is 14.7 Å². The van der Waals surface area contributed by atoms with Crippen molar-refractivity contribution in [3.8, 4) is 16.9 Å². The predicted octanol–water partition coefficient (Wildman–Crippen LogP) is 5.77. The van der Waals surface area contributed by atoms with Gasteiger partial charge in [0, 0.05) is 25.4 Å². The molecule has 34 heavy (non-hydrogen) atoms. The maximum atomic E-state index is 11.1. The van der Waals surface area contributed by atoms with Crippen molar-refractivity contribution in [1.29, 1.82) is 0 Å². The second-order valence-electron chi connectivity index (χ2n) is 8.74. The molecule has 0 unspecified atom stereocenters. The van der Waals surface area contributed by atoms with Crippen LogP contribution in [0.3, 0.4) is 0 Å². The number of benzene rings is 2. The van der Waals surface area contributed by atoms with E-state index in [2.05, 4.69) is 52.1 Å². The third kappa shape index (κ3) is 5.68. The van der Waals surface area contributed by atoms with E-state index in [4.69, 9.17) is 21.4 Å². The first-order valence-corrected chi connectivity index (χ1v) is 12.1. The Morgan fingerprint density at radius 1 is 1.24 bits per heavy atom. The van der Waals surface area contributed by atoms with Crippen molar-refractivity contribution in [2.45, 2.75) is 44.9 Å². The third-order valence-corrected chi connectivity index (χ3v) is 6.60. The lowest BCUT2D eigenvalue weighted by Crippen LogP contribution is -2.22. The molecule has 1 aliphatic rings. The monoisotopic (exact) mass is 479 g/mol. The SMILES string of the molecule is CCc1ccc(-c2cnc(Cl)nc2N(C)CCCOc2ccc3c(c2)CC[C@H]3CC(=O)O)cc1. The van der Waals surface area contributed by atoms with Gasteiger partial charge in [-0.1, -0.05) is 37.3 Å². The highest BCUT2D eigenvalue weighted by atomic mass is 35.5. The zero-order valence-corrected chi connectivity index (χ0v) is 20.4. The lowest BCUT2D eigenvalue weighted by Gasteiger charge is -2.21. The van der Waals surface area contributed by atoms with Crippen molar-refractivity contribution in [2.24, 2.45) is 0 Å². The Labute approximate surface area is 205 Å². The predicted molar refractivity (Wildman–Crippen MR) is 135 cm³/mol. The Hall–Kier alpha value is -3.12. The summed E-state index contributed by atoms with van der Waals surface area (Å²) in [5.74, 6) is 1.00. The van der Waals surface area contributed by atoms with E-state index in [1.165, 1.54) is 11.1 Å². The van der Waals surface area contributed by atoms with Crippen LogP contribution in [-0.4, -0.2) is 41.2 Å². The molecule has 0 bridgehead atoms. The second kappa shape index (κ2) is 10.9. The Kier molecular flexibility index (Phi) is 7.68. The molecular weight excluding hydrogens is 450 g/mol. The minimum atomic E-state index is -0.742. The van der Waals surface area contributed by atoms with Gasteiger partial charge in [-0.25, -0.2) is 4.98 Å². The lowest BCUT2D eigenvalue weighted by atomic mass is 9.98. The fourth-order valence-electron chi connectivity index (χ4n) is 4.56. The van der Waals surface area contributed by atoms with E-state index < -0.39 is 5.97 Å². The molecular formula is C27H30ClN3O3. The van der Waals surface area contributed by atoms with Gasteiger partial charge in [0.2, 0.25) is 5.28 Å². The first kappa shape index (κ1) is 24.0. The molecule has 0 fully saturated rings. The molecule has 6 nitrogen and oxygen atoms in total. The molecule has 0 spiro atoms. The van der Waals surface area contributed by atoms with E-state index in [9.17, 15) is 4.79 Å². The summed E-state index contributed by atoms with van der Waals surface area (Å²) >= 11 is 6.12. The van der Waals surface area contributed by atoms with Crippen LogP contribution in [0.4, 0.5) is 5.82 Å². The molecule has 3 aromatic rings. The number of aromatic nitrogens is 2. The van der Waals surface area contributed by atoms with Gasteiger partial charge in [-0.3, -0.25) is 4.79 Å². The summed E-state index contributed by atoms with van der Waals surface area (Å²) < 4.78 is 6.00. The zero-order valence-electron chi connectivity index (χ0n) is 19.6. The Morgan fingerprint density at radius 2 is 2.03 bits per heavy atom. The van der Waals surface area contributed by atoms with Crippen LogP contribution in [-0.2, 0) is 17.6 Å². The van der Waals surface area contributed by atoms with Gasteiger partial charge in [0.1, 0.15) is 11.6 Å². The number of nitrogens with zero attached hydrogens (tertiary/aromatic N) is 3. The molecule has 1 N–H and O–H groups in total. The molecule has 0 saturated heterocycles. The highest BCUT2D eigenvalue weighted by molar-refractivity contribution is 6.28. The van der Waals surface area contributed by atoms with Crippen LogP contribution >= 0.6 is 11.6 Å². The number of carbonyl (C=O) groups is 1. The number of carboxylic acids is 1. The van der Waals surface area contributed by atoms with Gasteiger partial charge in [-0.2, -0.15) is 4.98 Å². The molecule has 1 atom stereocenters. The van der Waals surface area contributed by atoms with Crippen LogP contribution in [0.25, 0.3) is 11.1 Å². The minimum absolute atomic E-state index is 0.113. The number of halogens is 1. The Balaban J connectivity index is 1.35. The zero-order chi connectivity index (χ0) is 24.1. The number of ether oxygens (including phenoxy) is 1. The van der Waals surface area contributed by atoms with E-state index in [0.29, 0.717) is 6.61 Å². The molecule has 0 saturated carbocycles. The second-order valence-corrected chi connectivity index (χ2v) is 9.08. The topological polar surface area (TPSA) is 75.5 Å². The average molecular weight is 480 g/mol. The fraction of sp³-hybridized carbons (Fsp3) is 0.370. The Bertz CT molecular complexity index is 1150. The van der Waals surface area contributed by atoms with Crippen molar-refractivity contribution in [1.82, 2.24) is 9.97 Å². The number of anilines is 1. The number of rotatable bonds is 10. The van der Waals surface area contributed by atoms with Crippen molar-refractivity contribution < 1.29 is 14.6 Å². The molecule has 0 amide bonds. The van der Waals surface area contributed by atoms with Crippen LogP contribution < -0.4 is 9.64 Å². The van der Waals surface area contributed by atoms with Crippen molar-refractivity contribution >= 4 is 23.4 Å². The summed E-state index contributed by atoms with van der Waals surface area (Å²) in [5.41, 5.74) is 5.65. The summed E-state index contributed by atoms with van der Waals surface area (Å²) in [7, 11) is 2.00. The summed E-state index contributed by atoms with van der Waals surface area (Å²) in [6, 6.07) is 14.5. The number of hydrogen-bond donors (Lipinski definition) is 1. The normalized spacial score (nSPS) is 14.6.